The summed E-state index contributed by atoms with van der Waals surface area (Å²) in [5.74, 6) is 0.640. The maximum atomic E-state index is 9.77. The number of nitrogens with zero attached hydrogens (tertiary/aromatic N) is 4. The van der Waals surface area contributed by atoms with Gasteiger partial charge in [-0.05, 0) is 0 Å². The van der Waals surface area contributed by atoms with Crippen molar-refractivity contribution in [2.75, 3.05) is 19.0 Å². The van der Waals surface area contributed by atoms with Gasteiger partial charge in [-0.3, -0.25) is 4.57 Å². The van der Waals surface area contributed by atoms with Crippen molar-refractivity contribution in [2.45, 2.75) is 24.9 Å². The van der Waals surface area contributed by atoms with Crippen molar-refractivity contribution in [2.24, 2.45) is 0 Å². The average Bonchev–Trinajstić information content (AvgIpc) is 3.01. The zero-order valence-electron chi connectivity index (χ0n) is 10.4. The van der Waals surface area contributed by atoms with Crippen LogP contribution in [0.15, 0.2) is 12.7 Å². The topological polar surface area (TPSA) is 105 Å². The standard InChI is InChI=1S/C11H15N5O3/c1-12-10-9-11(14-4-13-10)16(5-15-9)8-2-6(18)7(3-17)19-8/h4-8,17-18H,2-3H2,1H3,(H,12,13,14)/t6-,7?,8+/m0/s1. The highest BCUT2D eigenvalue weighted by atomic mass is 16.5. The summed E-state index contributed by atoms with van der Waals surface area (Å²) in [6, 6.07) is 0. The molecule has 0 spiro atoms. The first-order valence-electron chi connectivity index (χ1n) is 6.04. The molecule has 0 aromatic carbocycles. The second-order valence-electron chi connectivity index (χ2n) is 4.41. The van der Waals surface area contributed by atoms with E-state index < -0.39 is 12.2 Å². The molecule has 2 aromatic rings. The third-order valence-electron chi connectivity index (χ3n) is 3.29. The molecule has 0 amide bonds. The van der Waals surface area contributed by atoms with Crippen molar-refractivity contribution < 1.29 is 14.9 Å². The van der Waals surface area contributed by atoms with Crippen LogP contribution < -0.4 is 5.32 Å². The van der Waals surface area contributed by atoms with Crippen molar-refractivity contribution in [3.63, 3.8) is 0 Å². The molecular weight excluding hydrogens is 250 g/mol. The number of aromatic nitrogens is 4. The Bertz CT molecular complexity index is 587. The molecular formula is C11H15N5O3. The molecule has 0 saturated carbocycles. The van der Waals surface area contributed by atoms with Gasteiger partial charge in [-0.2, -0.15) is 0 Å². The number of anilines is 1. The Morgan fingerprint density at radius 2 is 2.32 bits per heavy atom. The van der Waals surface area contributed by atoms with Gasteiger partial charge in [0.25, 0.3) is 0 Å². The molecule has 0 radical (unpaired) electrons. The summed E-state index contributed by atoms with van der Waals surface area (Å²) in [5.41, 5.74) is 1.28. The maximum Gasteiger partial charge on any atom is 0.167 e. The van der Waals surface area contributed by atoms with E-state index in [4.69, 9.17) is 9.84 Å². The van der Waals surface area contributed by atoms with Crippen molar-refractivity contribution in [1.29, 1.82) is 0 Å². The smallest absolute Gasteiger partial charge is 0.167 e. The first-order chi connectivity index (χ1) is 9.24. The molecule has 8 nitrogen and oxygen atoms in total. The molecule has 1 aliphatic rings. The number of hydrogen-bond acceptors (Lipinski definition) is 7. The van der Waals surface area contributed by atoms with E-state index in [9.17, 15) is 5.11 Å². The van der Waals surface area contributed by atoms with Crippen molar-refractivity contribution >= 4 is 17.0 Å². The van der Waals surface area contributed by atoms with Gasteiger partial charge in [0.05, 0.1) is 19.0 Å². The van der Waals surface area contributed by atoms with Crippen LogP contribution in [-0.2, 0) is 4.74 Å². The fourth-order valence-electron chi connectivity index (χ4n) is 2.30. The zero-order valence-corrected chi connectivity index (χ0v) is 10.4. The largest absolute Gasteiger partial charge is 0.394 e. The molecule has 1 fully saturated rings. The first kappa shape index (κ1) is 12.3. The monoisotopic (exact) mass is 265 g/mol. The van der Waals surface area contributed by atoms with Gasteiger partial charge >= 0.3 is 0 Å². The van der Waals surface area contributed by atoms with Crippen LogP contribution in [0.1, 0.15) is 12.6 Å². The predicted octanol–water partition coefficient (Wildman–Crippen LogP) is -0.491. The molecule has 3 atom stereocenters. The molecule has 3 rings (SSSR count). The number of ether oxygens (including phenoxy) is 1. The molecule has 1 saturated heterocycles. The number of imidazole rings is 1. The Labute approximate surface area is 109 Å². The Balaban J connectivity index is 1.98. The SMILES string of the molecule is CNc1ncnc2c1ncn2[C@H]1C[C@H](O)C(CO)O1. The highest BCUT2D eigenvalue weighted by molar-refractivity contribution is 5.82. The molecule has 0 bridgehead atoms. The lowest BCUT2D eigenvalue weighted by Gasteiger charge is -2.13. The van der Waals surface area contributed by atoms with Crippen molar-refractivity contribution in [1.82, 2.24) is 19.5 Å². The number of hydrogen-bond donors (Lipinski definition) is 3. The number of aliphatic hydroxyl groups is 2. The van der Waals surface area contributed by atoms with Crippen molar-refractivity contribution in [3.8, 4) is 0 Å². The van der Waals surface area contributed by atoms with E-state index in [1.807, 2.05) is 0 Å². The molecule has 102 valence electrons. The van der Waals surface area contributed by atoms with Crippen LogP contribution in [0.3, 0.4) is 0 Å². The highest BCUT2D eigenvalue weighted by Gasteiger charge is 2.35. The van der Waals surface area contributed by atoms with Crippen LogP contribution in [0.2, 0.25) is 0 Å². The van der Waals surface area contributed by atoms with E-state index in [-0.39, 0.29) is 12.8 Å². The lowest BCUT2D eigenvalue weighted by atomic mass is 10.2. The van der Waals surface area contributed by atoms with Gasteiger partial charge in [0.15, 0.2) is 11.5 Å². The number of fused-ring (bicyclic) bond motifs is 1. The molecule has 0 aliphatic carbocycles. The van der Waals surface area contributed by atoms with E-state index in [1.54, 1.807) is 17.9 Å². The van der Waals surface area contributed by atoms with E-state index in [1.165, 1.54) is 6.33 Å². The van der Waals surface area contributed by atoms with E-state index in [0.717, 1.165) is 0 Å². The summed E-state index contributed by atoms with van der Waals surface area (Å²) in [6.45, 7) is -0.207. The Morgan fingerprint density at radius 3 is 3.00 bits per heavy atom. The number of aliphatic hydroxyl groups excluding tert-OH is 2. The molecule has 8 heteroatoms. The van der Waals surface area contributed by atoms with Crippen LogP contribution in [0.5, 0.6) is 0 Å². The number of rotatable bonds is 3. The van der Waals surface area contributed by atoms with Crippen LogP contribution in [0, 0.1) is 0 Å². The lowest BCUT2D eigenvalue weighted by molar-refractivity contribution is -0.0432. The lowest BCUT2D eigenvalue weighted by Crippen LogP contribution is -2.24. The summed E-state index contributed by atoms with van der Waals surface area (Å²) < 4.78 is 7.34. The predicted molar refractivity (Wildman–Crippen MR) is 66.5 cm³/mol. The summed E-state index contributed by atoms with van der Waals surface area (Å²) in [5, 5.41) is 21.8. The van der Waals surface area contributed by atoms with Crippen LogP contribution in [0.25, 0.3) is 11.2 Å². The Morgan fingerprint density at radius 1 is 1.47 bits per heavy atom. The van der Waals surface area contributed by atoms with Gasteiger partial charge in [0.1, 0.15) is 24.2 Å². The molecule has 3 N–H and O–H groups in total. The van der Waals surface area contributed by atoms with E-state index >= 15 is 0 Å². The third kappa shape index (κ3) is 1.93. The normalized spacial score (nSPS) is 27.0. The highest BCUT2D eigenvalue weighted by Crippen LogP contribution is 2.31. The van der Waals surface area contributed by atoms with Crippen LogP contribution >= 0.6 is 0 Å². The fraction of sp³-hybridized carbons (Fsp3) is 0.545. The minimum Gasteiger partial charge on any atom is -0.394 e. The first-order valence-corrected chi connectivity index (χ1v) is 6.04. The van der Waals surface area contributed by atoms with E-state index in [0.29, 0.717) is 23.4 Å². The quantitative estimate of drug-likeness (QED) is 0.687. The fourth-order valence-corrected chi connectivity index (χ4v) is 2.30. The Hall–Kier alpha value is -1.77. The zero-order chi connectivity index (χ0) is 13.4. The number of nitrogens with one attached hydrogen (secondary N) is 1. The second kappa shape index (κ2) is 4.72. The van der Waals surface area contributed by atoms with Gasteiger partial charge < -0.3 is 20.3 Å². The minimum atomic E-state index is -0.682. The van der Waals surface area contributed by atoms with Gasteiger partial charge in [-0.1, -0.05) is 0 Å². The van der Waals surface area contributed by atoms with Crippen molar-refractivity contribution in [3.05, 3.63) is 12.7 Å². The summed E-state index contributed by atoms with van der Waals surface area (Å²) >= 11 is 0. The third-order valence-corrected chi connectivity index (χ3v) is 3.29. The molecule has 1 aliphatic heterocycles. The van der Waals surface area contributed by atoms with Gasteiger partial charge in [0.2, 0.25) is 0 Å². The summed E-state index contributed by atoms with van der Waals surface area (Å²) in [7, 11) is 1.76. The minimum absolute atomic E-state index is 0.207. The average molecular weight is 265 g/mol. The molecule has 1 unspecified atom stereocenters. The molecule has 19 heavy (non-hydrogen) atoms. The van der Waals surface area contributed by atoms with Crippen LogP contribution in [-0.4, -0.2) is 55.6 Å². The van der Waals surface area contributed by atoms with Gasteiger partial charge in [-0.25, -0.2) is 15.0 Å². The van der Waals surface area contributed by atoms with Gasteiger partial charge in [0, 0.05) is 13.5 Å². The molecule has 2 aromatic heterocycles. The Kier molecular flexibility index (Phi) is 3.05. The van der Waals surface area contributed by atoms with Crippen LogP contribution in [0.4, 0.5) is 5.82 Å². The molecule has 3 heterocycles. The second-order valence-corrected chi connectivity index (χ2v) is 4.41. The van der Waals surface area contributed by atoms with Gasteiger partial charge in [-0.15, -0.1) is 0 Å². The summed E-state index contributed by atoms with van der Waals surface area (Å²) in [6.07, 6.45) is 1.83. The summed E-state index contributed by atoms with van der Waals surface area (Å²) in [4.78, 5) is 12.5. The maximum absolute atomic E-state index is 9.77. The van der Waals surface area contributed by atoms with E-state index in [2.05, 4.69) is 20.3 Å².